The van der Waals surface area contributed by atoms with Crippen LogP contribution in [0.4, 0.5) is 11.4 Å². The highest BCUT2D eigenvalue weighted by atomic mass is 32.1. The second-order valence-corrected chi connectivity index (χ2v) is 6.49. The van der Waals surface area contributed by atoms with Crippen LogP contribution < -0.4 is 11.5 Å². The van der Waals surface area contributed by atoms with Gasteiger partial charge in [0.15, 0.2) is 5.82 Å². The van der Waals surface area contributed by atoms with E-state index in [4.69, 9.17) is 11.5 Å². The van der Waals surface area contributed by atoms with Gasteiger partial charge in [-0.15, -0.1) is 10.2 Å². The Balaban J connectivity index is 1.80. The molecule has 0 aliphatic heterocycles. The van der Waals surface area contributed by atoms with Crippen molar-refractivity contribution in [3.8, 4) is 10.6 Å². The van der Waals surface area contributed by atoms with E-state index >= 15 is 0 Å². The summed E-state index contributed by atoms with van der Waals surface area (Å²) in [5, 5.41) is 14.1. The zero-order valence-electron chi connectivity index (χ0n) is 11.5. The van der Waals surface area contributed by atoms with Crippen LogP contribution in [-0.4, -0.2) is 19.8 Å². The summed E-state index contributed by atoms with van der Waals surface area (Å²) < 4.78 is 1.88. The van der Waals surface area contributed by atoms with Gasteiger partial charge in [-0.2, -0.15) is 9.61 Å². The fourth-order valence-corrected chi connectivity index (χ4v) is 3.82. The summed E-state index contributed by atoms with van der Waals surface area (Å²) in [7, 11) is 0. The molecule has 1 fully saturated rings. The maximum atomic E-state index is 5.86. The van der Waals surface area contributed by atoms with Crippen LogP contribution in [0.25, 0.3) is 15.5 Å². The van der Waals surface area contributed by atoms with Crippen LogP contribution in [0.5, 0.6) is 0 Å². The summed E-state index contributed by atoms with van der Waals surface area (Å²) in [4.78, 5) is 0.827. The van der Waals surface area contributed by atoms with Crippen molar-refractivity contribution in [2.75, 3.05) is 11.5 Å². The number of fused-ring (bicyclic) bond motifs is 1. The molecule has 1 saturated carbocycles. The number of nitrogens with two attached hydrogens (primary N) is 2. The lowest BCUT2D eigenvalue weighted by molar-refractivity contribution is 0.641. The standard InChI is InChI=1S/C14H16N6S/c15-10-5-9(6-11(16)7-10)13-19-20-12(8-3-1-2-4-8)17-18-14(20)21-13/h5-8H,1-4,15-16H2. The van der Waals surface area contributed by atoms with Gasteiger partial charge in [0.1, 0.15) is 5.01 Å². The van der Waals surface area contributed by atoms with Gasteiger partial charge in [-0.1, -0.05) is 24.2 Å². The molecular weight excluding hydrogens is 284 g/mol. The first-order valence-corrected chi connectivity index (χ1v) is 7.91. The Labute approximate surface area is 125 Å². The molecule has 4 N–H and O–H groups in total. The summed E-state index contributed by atoms with van der Waals surface area (Å²) >= 11 is 1.51. The average molecular weight is 300 g/mol. The van der Waals surface area contributed by atoms with E-state index in [-0.39, 0.29) is 0 Å². The largest absolute Gasteiger partial charge is 0.399 e. The van der Waals surface area contributed by atoms with Crippen molar-refractivity contribution in [1.29, 1.82) is 0 Å². The van der Waals surface area contributed by atoms with E-state index < -0.39 is 0 Å². The maximum absolute atomic E-state index is 5.86. The Kier molecular flexibility index (Phi) is 2.81. The third-order valence-corrected chi connectivity index (χ3v) is 4.91. The maximum Gasteiger partial charge on any atom is 0.234 e. The van der Waals surface area contributed by atoms with E-state index in [1.807, 2.05) is 16.6 Å². The van der Waals surface area contributed by atoms with Crippen LogP contribution >= 0.6 is 11.3 Å². The number of anilines is 2. The van der Waals surface area contributed by atoms with Crippen molar-refractivity contribution in [3.63, 3.8) is 0 Å². The molecule has 2 heterocycles. The molecular formula is C14H16N6S. The molecule has 1 aliphatic rings. The zero-order chi connectivity index (χ0) is 14.4. The number of nitrogen functional groups attached to an aromatic ring is 2. The molecule has 0 radical (unpaired) electrons. The molecule has 2 aromatic heterocycles. The molecule has 7 heteroatoms. The predicted octanol–water partition coefficient (Wildman–Crippen LogP) is 2.67. The summed E-state index contributed by atoms with van der Waals surface area (Å²) in [6, 6.07) is 5.52. The van der Waals surface area contributed by atoms with Crippen LogP contribution in [0, 0.1) is 0 Å². The van der Waals surface area contributed by atoms with E-state index in [9.17, 15) is 0 Å². The topological polar surface area (TPSA) is 95.1 Å². The highest BCUT2D eigenvalue weighted by molar-refractivity contribution is 7.19. The minimum Gasteiger partial charge on any atom is -0.399 e. The van der Waals surface area contributed by atoms with E-state index in [2.05, 4.69) is 15.3 Å². The van der Waals surface area contributed by atoms with Crippen molar-refractivity contribution >= 4 is 27.7 Å². The summed E-state index contributed by atoms with van der Waals surface area (Å²) in [5.74, 6) is 1.47. The minimum absolute atomic E-state index is 0.487. The average Bonchev–Trinajstić information content (AvgIpc) is 3.13. The van der Waals surface area contributed by atoms with E-state index in [1.54, 1.807) is 6.07 Å². The third-order valence-electron chi connectivity index (χ3n) is 3.96. The third kappa shape index (κ3) is 2.13. The number of rotatable bonds is 2. The summed E-state index contributed by atoms with van der Waals surface area (Å²) in [6.07, 6.45) is 4.89. The van der Waals surface area contributed by atoms with Crippen LogP contribution in [-0.2, 0) is 0 Å². The van der Waals surface area contributed by atoms with Gasteiger partial charge < -0.3 is 11.5 Å². The fraction of sp³-hybridized carbons (Fsp3) is 0.357. The molecule has 0 atom stereocenters. The van der Waals surface area contributed by atoms with Gasteiger partial charge in [-0.3, -0.25) is 0 Å². The Morgan fingerprint density at radius 3 is 2.48 bits per heavy atom. The highest BCUT2D eigenvalue weighted by Crippen LogP contribution is 2.35. The minimum atomic E-state index is 0.487. The zero-order valence-corrected chi connectivity index (χ0v) is 12.3. The molecule has 0 saturated heterocycles. The lowest BCUT2D eigenvalue weighted by Crippen LogP contribution is -2.01. The number of aromatic nitrogens is 4. The second-order valence-electron chi connectivity index (χ2n) is 5.53. The number of hydrogen-bond acceptors (Lipinski definition) is 6. The first-order chi connectivity index (χ1) is 10.2. The highest BCUT2D eigenvalue weighted by Gasteiger charge is 2.24. The quantitative estimate of drug-likeness (QED) is 0.709. The van der Waals surface area contributed by atoms with Gasteiger partial charge in [0.25, 0.3) is 0 Å². The lowest BCUT2D eigenvalue weighted by atomic mass is 10.1. The Bertz CT molecular complexity index is 779. The van der Waals surface area contributed by atoms with Gasteiger partial charge in [0.2, 0.25) is 4.96 Å². The molecule has 1 aliphatic carbocycles. The number of hydrogen-bond donors (Lipinski definition) is 2. The van der Waals surface area contributed by atoms with Gasteiger partial charge >= 0.3 is 0 Å². The summed E-state index contributed by atoms with van der Waals surface area (Å²) in [5.41, 5.74) is 13.9. The Morgan fingerprint density at radius 2 is 1.76 bits per heavy atom. The molecule has 108 valence electrons. The molecule has 0 amide bonds. The van der Waals surface area contributed by atoms with Gasteiger partial charge in [-0.05, 0) is 31.0 Å². The van der Waals surface area contributed by atoms with E-state index in [0.29, 0.717) is 17.3 Å². The van der Waals surface area contributed by atoms with Gasteiger partial charge in [0, 0.05) is 22.9 Å². The Morgan fingerprint density at radius 1 is 1.05 bits per heavy atom. The van der Waals surface area contributed by atoms with Crippen LogP contribution in [0.3, 0.4) is 0 Å². The van der Waals surface area contributed by atoms with Crippen molar-refractivity contribution in [3.05, 3.63) is 24.0 Å². The molecule has 0 bridgehead atoms. The molecule has 4 rings (SSSR count). The van der Waals surface area contributed by atoms with E-state index in [0.717, 1.165) is 21.4 Å². The fourth-order valence-electron chi connectivity index (χ4n) is 2.99. The molecule has 0 spiro atoms. The number of nitrogens with zero attached hydrogens (tertiary/aromatic N) is 4. The normalized spacial score (nSPS) is 16.0. The van der Waals surface area contributed by atoms with Crippen molar-refractivity contribution in [1.82, 2.24) is 19.8 Å². The van der Waals surface area contributed by atoms with Crippen LogP contribution in [0.15, 0.2) is 18.2 Å². The van der Waals surface area contributed by atoms with Crippen molar-refractivity contribution in [2.24, 2.45) is 0 Å². The first kappa shape index (κ1) is 12.6. The lowest BCUT2D eigenvalue weighted by Gasteiger charge is -2.04. The van der Waals surface area contributed by atoms with E-state index in [1.165, 1.54) is 37.0 Å². The predicted molar refractivity (Wildman–Crippen MR) is 84.1 cm³/mol. The summed E-state index contributed by atoms with van der Waals surface area (Å²) in [6.45, 7) is 0. The molecule has 6 nitrogen and oxygen atoms in total. The monoisotopic (exact) mass is 300 g/mol. The molecule has 1 aromatic carbocycles. The first-order valence-electron chi connectivity index (χ1n) is 7.09. The number of benzene rings is 1. The molecule has 21 heavy (non-hydrogen) atoms. The van der Waals surface area contributed by atoms with Gasteiger partial charge in [0.05, 0.1) is 0 Å². The second kappa shape index (κ2) is 4.70. The SMILES string of the molecule is Nc1cc(N)cc(-c2nn3c(C4CCCC4)nnc3s2)c1. The van der Waals surface area contributed by atoms with Crippen LogP contribution in [0.1, 0.15) is 37.4 Å². The Hall–Kier alpha value is -2.15. The molecule has 3 aromatic rings. The van der Waals surface area contributed by atoms with Crippen molar-refractivity contribution in [2.45, 2.75) is 31.6 Å². The van der Waals surface area contributed by atoms with Crippen molar-refractivity contribution < 1.29 is 0 Å². The molecule has 0 unspecified atom stereocenters. The van der Waals surface area contributed by atoms with Gasteiger partial charge in [-0.25, -0.2) is 0 Å². The smallest absolute Gasteiger partial charge is 0.234 e. The van der Waals surface area contributed by atoms with Crippen LogP contribution in [0.2, 0.25) is 0 Å².